The summed E-state index contributed by atoms with van der Waals surface area (Å²) in [5.74, 6) is -0.180. The van der Waals surface area contributed by atoms with Gasteiger partial charge in [0.2, 0.25) is 0 Å². The fourth-order valence-corrected chi connectivity index (χ4v) is 5.19. The van der Waals surface area contributed by atoms with Crippen molar-refractivity contribution >= 4 is 44.8 Å². The molecule has 2 aromatic carbocycles. The lowest BCUT2D eigenvalue weighted by Gasteiger charge is -2.26. The number of carbonyl (C=O) groups excluding carboxylic acids is 1. The maximum absolute atomic E-state index is 12.6. The van der Waals surface area contributed by atoms with E-state index in [1.807, 2.05) is 0 Å². The van der Waals surface area contributed by atoms with Crippen LogP contribution in [0.25, 0.3) is 0 Å². The molecule has 1 amide bonds. The largest absolute Gasteiger partial charge is 0.352 e. The number of nitrogens with one attached hydrogen (secondary N) is 2. The SMILES string of the molecule is O=C(NCCCN1CCCCC1)c1ccc(NS(=O)(=O)c2cc(Cl)ccc2Cl)cc1. The quantitative estimate of drug-likeness (QED) is 0.561. The number of carbonyl (C=O) groups is 1. The number of rotatable bonds is 8. The van der Waals surface area contributed by atoms with Crippen LogP contribution in [0.1, 0.15) is 36.0 Å². The predicted octanol–water partition coefficient (Wildman–Crippen LogP) is 4.40. The van der Waals surface area contributed by atoms with Gasteiger partial charge < -0.3 is 10.2 Å². The Balaban J connectivity index is 1.52. The second-order valence-corrected chi connectivity index (χ2v) is 9.76. The topological polar surface area (TPSA) is 78.5 Å². The molecule has 0 aliphatic carbocycles. The summed E-state index contributed by atoms with van der Waals surface area (Å²) in [6.07, 6.45) is 4.73. The van der Waals surface area contributed by atoms with Crippen LogP contribution in [0.5, 0.6) is 0 Å². The molecule has 6 nitrogen and oxygen atoms in total. The summed E-state index contributed by atoms with van der Waals surface area (Å²) in [6, 6.07) is 10.5. The maximum atomic E-state index is 12.6. The highest BCUT2D eigenvalue weighted by atomic mass is 35.5. The third-order valence-electron chi connectivity index (χ3n) is 4.97. The standard InChI is InChI=1S/C21H25Cl2N3O3S/c22-17-7-10-19(23)20(15-17)30(28,29)25-18-8-5-16(6-9-18)21(27)24-11-4-14-26-12-2-1-3-13-26/h5-10,15,25H,1-4,11-14H2,(H,24,27). The summed E-state index contributed by atoms with van der Waals surface area (Å²) in [6.45, 7) is 3.89. The molecule has 1 aliphatic rings. The number of anilines is 1. The first-order valence-electron chi connectivity index (χ1n) is 9.94. The molecule has 1 fully saturated rings. The van der Waals surface area contributed by atoms with Gasteiger partial charge in [0.1, 0.15) is 4.90 Å². The lowest BCUT2D eigenvalue weighted by molar-refractivity contribution is 0.0951. The van der Waals surface area contributed by atoms with Gasteiger partial charge in [0.15, 0.2) is 0 Å². The van der Waals surface area contributed by atoms with E-state index >= 15 is 0 Å². The van der Waals surface area contributed by atoms with E-state index in [2.05, 4.69) is 14.9 Å². The Kier molecular flexibility index (Phi) is 7.99. The first kappa shape index (κ1) is 22.9. The lowest BCUT2D eigenvalue weighted by atomic mass is 10.1. The van der Waals surface area contributed by atoms with E-state index in [1.54, 1.807) is 24.3 Å². The van der Waals surface area contributed by atoms with Crippen LogP contribution in [0.2, 0.25) is 10.0 Å². The molecule has 0 spiro atoms. The van der Waals surface area contributed by atoms with Gasteiger partial charge in [0.25, 0.3) is 15.9 Å². The zero-order chi connectivity index (χ0) is 21.6. The Hall–Kier alpha value is -1.80. The van der Waals surface area contributed by atoms with E-state index in [4.69, 9.17) is 23.2 Å². The molecule has 0 radical (unpaired) electrons. The molecule has 162 valence electrons. The van der Waals surface area contributed by atoms with E-state index in [1.165, 1.54) is 37.5 Å². The van der Waals surface area contributed by atoms with Crippen molar-refractivity contribution in [2.75, 3.05) is 30.9 Å². The van der Waals surface area contributed by atoms with E-state index in [-0.39, 0.29) is 20.8 Å². The Morgan fingerprint density at radius 2 is 1.70 bits per heavy atom. The lowest BCUT2D eigenvalue weighted by Crippen LogP contribution is -2.33. The first-order valence-corrected chi connectivity index (χ1v) is 12.2. The molecule has 0 bridgehead atoms. The summed E-state index contributed by atoms with van der Waals surface area (Å²) in [5.41, 5.74) is 0.796. The van der Waals surface area contributed by atoms with Crippen LogP contribution in [-0.2, 0) is 10.0 Å². The molecule has 1 heterocycles. The number of sulfonamides is 1. The van der Waals surface area contributed by atoms with E-state index < -0.39 is 10.0 Å². The molecule has 2 N–H and O–H groups in total. The fraction of sp³-hybridized carbons (Fsp3) is 0.381. The number of amides is 1. The van der Waals surface area contributed by atoms with Crippen LogP contribution in [-0.4, -0.2) is 45.4 Å². The van der Waals surface area contributed by atoms with E-state index in [0.29, 0.717) is 17.8 Å². The molecule has 0 aromatic heterocycles. The average Bonchev–Trinajstić information content (AvgIpc) is 2.74. The van der Waals surface area contributed by atoms with Crippen molar-refractivity contribution in [2.45, 2.75) is 30.6 Å². The summed E-state index contributed by atoms with van der Waals surface area (Å²) >= 11 is 11.9. The number of likely N-dealkylation sites (tertiary alicyclic amines) is 1. The molecule has 0 atom stereocenters. The van der Waals surface area contributed by atoms with Crippen LogP contribution >= 0.6 is 23.2 Å². The highest BCUT2D eigenvalue weighted by molar-refractivity contribution is 7.92. The maximum Gasteiger partial charge on any atom is 0.263 e. The number of benzene rings is 2. The zero-order valence-electron chi connectivity index (χ0n) is 16.5. The van der Waals surface area contributed by atoms with Crippen LogP contribution in [0.15, 0.2) is 47.4 Å². The molecule has 0 unspecified atom stereocenters. The van der Waals surface area contributed by atoms with Gasteiger partial charge in [-0.3, -0.25) is 9.52 Å². The molecule has 1 saturated heterocycles. The first-order chi connectivity index (χ1) is 14.3. The second kappa shape index (κ2) is 10.5. The third-order valence-corrected chi connectivity index (χ3v) is 7.07. The number of halogens is 2. The van der Waals surface area contributed by atoms with Gasteiger partial charge in [-0.05, 0) is 81.4 Å². The van der Waals surface area contributed by atoms with Crippen molar-refractivity contribution in [1.29, 1.82) is 0 Å². The average molecular weight is 470 g/mol. The van der Waals surface area contributed by atoms with E-state index in [0.717, 1.165) is 26.1 Å². The van der Waals surface area contributed by atoms with Gasteiger partial charge in [-0.2, -0.15) is 0 Å². The van der Waals surface area contributed by atoms with Crippen LogP contribution < -0.4 is 10.0 Å². The van der Waals surface area contributed by atoms with Gasteiger partial charge in [-0.1, -0.05) is 29.6 Å². The number of nitrogens with zero attached hydrogens (tertiary/aromatic N) is 1. The Bertz CT molecular complexity index is 975. The third kappa shape index (κ3) is 6.35. The van der Waals surface area contributed by atoms with Crippen molar-refractivity contribution in [1.82, 2.24) is 10.2 Å². The minimum absolute atomic E-state index is 0.0763. The van der Waals surface area contributed by atoms with Gasteiger partial charge in [0, 0.05) is 22.8 Å². The number of hydrogen-bond acceptors (Lipinski definition) is 4. The fourth-order valence-electron chi connectivity index (χ4n) is 3.37. The zero-order valence-corrected chi connectivity index (χ0v) is 18.9. The Labute approximate surface area is 187 Å². The minimum atomic E-state index is -3.90. The monoisotopic (exact) mass is 469 g/mol. The number of piperidine rings is 1. The van der Waals surface area contributed by atoms with Crippen molar-refractivity contribution < 1.29 is 13.2 Å². The van der Waals surface area contributed by atoms with Gasteiger partial charge in [0.05, 0.1) is 5.02 Å². The van der Waals surface area contributed by atoms with Crippen molar-refractivity contribution in [3.8, 4) is 0 Å². The molecule has 30 heavy (non-hydrogen) atoms. The van der Waals surface area contributed by atoms with Crippen molar-refractivity contribution in [3.63, 3.8) is 0 Å². The highest BCUT2D eigenvalue weighted by Crippen LogP contribution is 2.27. The predicted molar refractivity (Wildman–Crippen MR) is 121 cm³/mol. The second-order valence-electron chi connectivity index (χ2n) is 7.27. The van der Waals surface area contributed by atoms with Gasteiger partial charge in [-0.15, -0.1) is 0 Å². The summed E-state index contributed by atoms with van der Waals surface area (Å²) in [5, 5.41) is 3.26. The number of hydrogen-bond donors (Lipinski definition) is 2. The van der Waals surface area contributed by atoms with Crippen molar-refractivity contribution in [3.05, 3.63) is 58.1 Å². The molecule has 2 aromatic rings. The molecular formula is C21H25Cl2N3O3S. The molecule has 1 aliphatic heterocycles. The molecule has 9 heteroatoms. The van der Waals surface area contributed by atoms with Gasteiger partial charge in [-0.25, -0.2) is 8.42 Å². The normalized spacial score (nSPS) is 15.0. The Morgan fingerprint density at radius 3 is 2.40 bits per heavy atom. The molecule has 0 saturated carbocycles. The van der Waals surface area contributed by atoms with E-state index in [9.17, 15) is 13.2 Å². The molecule has 3 rings (SSSR count). The highest BCUT2D eigenvalue weighted by Gasteiger charge is 2.19. The molecular weight excluding hydrogens is 445 g/mol. The van der Waals surface area contributed by atoms with Crippen molar-refractivity contribution in [2.24, 2.45) is 0 Å². The summed E-state index contributed by atoms with van der Waals surface area (Å²) < 4.78 is 27.6. The minimum Gasteiger partial charge on any atom is -0.352 e. The summed E-state index contributed by atoms with van der Waals surface area (Å²) in [7, 11) is -3.90. The van der Waals surface area contributed by atoms with Gasteiger partial charge >= 0.3 is 0 Å². The van der Waals surface area contributed by atoms with Crippen LogP contribution in [0, 0.1) is 0 Å². The summed E-state index contributed by atoms with van der Waals surface area (Å²) in [4.78, 5) is 14.6. The Morgan fingerprint density at radius 1 is 1.00 bits per heavy atom. The van der Waals surface area contributed by atoms with Crippen LogP contribution in [0.3, 0.4) is 0 Å². The van der Waals surface area contributed by atoms with Crippen LogP contribution in [0.4, 0.5) is 5.69 Å². The smallest absolute Gasteiger partial charge is 0.263 e.